The molecule has 5 nitrogen and oxygen atoms in total. The number of halogens is 2. The van der Waals surface area contributed by atoms with Gasteiger partial charge >= 0.3 is 0 Å². The average Bonchev–Trinajstić information content (AvgIpc) is 2.67. The molecule has 0 saturated carbocycles. The second kappa shape index (κ2) is 9.94. The fourth-order valence-corrected chi connectivity index (χ4v) is 2.88. The van der Waals surface area contributed by atoms with Crippen molar-refractivity contribution in [2.45, 2.75) is 26.8 Å². The van der Waals surface area contributed by atoms with Crippen LogP contribution in [-0.2, 0) is 4.79 Å². The molecule has 1 atom stereocenters. The number of carbonyl (C=O) groups excluding carboxylic acids is 2. The zero-order valence-electron chi connectivity index (χ0n) is 16.3. The highest BCUT2D eigenvalue weighted by Gasteiger charge is 2.16. The summed E-state index contributed by atoms with van der Waals surface area (Å²) in [6, 6.07) is 9.79. The van der Waals surface area contributed by atoms with Gasteiger partial charge in [0.05, 0.1) is 0 Å². The lowest BCUT2D eigenvalue weighted by atomic mass is 10.1. The average molecular weight is 390 g/mol. The number of nitrogens with two attached hydrogens (primary N) is 1. The number of anilines is 1. The second-order valence-electron chi connectivity index (χ2n) is 6.50. The lowest BCUT2D eigenvalue weighted by Gasteiger charge is -2.18. The SMILES string of the molecule is CCN(CC)C(=O)c1ccc(NC(=O)C[NH2+][C@@H](C)c2ccc(F)cc2F)cc1. The van der Waals surface area contributed by atoms with Crippen LogP contribution < -0.4 is 10.6 Å². The summed E-state index contributed by atoms with van der Waals surface area (Å²) in [5.74, 6) is -1.56. The Morgan fingerprint density at radius 1 is 1.07 bits per heavy atom. The third-order valence-electron chi connectivity index (χ3n) is 4.58. The molecule has 28 heavy (non-hydrogen) atoms. The second-order valence-corrected chi connectivity index (χ2v) is 6.50. The third kappa shape index (κ3) is 5.60. The zero-order chi connectivity index (χ0) is 20.7. The highest BCUT2D eigenvalue weighted by atomic mass is 19.1. The monoisotopic (exact) mass is 390 g/mol. The molecular formula is C21H26F2N3O2+. The standard InChI is InChI=1S/C21H25F2N3O2/c1-4-26(5-2)21(28)15-6-9-17(10-7-15)25-20(27)13-24-14(3)18-11-8-16(22)12-19(18)23/h6-12,14,24H,4-5,13H2,1-3H3,(H,25,27)/p+1/t14-/m0/s1. The maximum absolute atomic E-state index is 13.8. The van der Waals surface area contributed by atoms with E-state index in [-0.39, 0.29) is 24.4 Å². The molecule has 0 aliphatic heterocycles. The topological polar surface area (TPSA) is 66.0 Å². The predicted octanol–water partition coefficient (Wildman–Crippen LogP) is 2.71. The van der Waals surface area contributed by atoms with E-state index in [2.05, 4.69) is 5.32 Å². The van der Waals surface area contributed by atoms with Crippen LogP contribution in [0.1, 0.15) is 42.7 Å². The largest absolute Gasteiger partial charge is 0.339 e. The molecule has 0 unspecified atom stereocenters. The number of rotatable bonds is 8. The Morgan fingerprint density at radius 2 is 1.71 bits per heavy atom. The Labute approximate surface area is 163 Å². The van der Waals surface area contributed by atoms with Gasteiger partial charge in [-0.3, -0.25) is 9.59 Å². The van der Waals surface area contributed by atoms with Crippen molar-refractivity contribution in [3.63, 3.8) is 0 Å². The Hall–Kier alpha value is -2.80. The Bertz CT molecular complexity index is 821. The first-order valence-corrected chi connectivity index (χ1v) is 9.33. The summed E-state index contributed by atoms with van der Waals surface area (Å²) in [6.45, 7) is 6.94. The summed E-state index contributed by atoms with van der Waals surface area (Å²) >= 11 is 0. The van der Waals surface area contributed by atoms with Gasteiger partial charge in [-0.05, 0) is 57.2 Å². The van der Waals surface area contributed by atoms with Gasteiger partial charge in [0, 0.05) is 36.0 Å². The maximum atomic E-state index is 13.8. The van der Waals surface area contributed by atoms with Crippen LogP contribution in [0.4, 0.5) is 14.5 Å². The van der Waals surface area contributed by atoms with Gasteiger partial charge in [-0.25, -0.2) is 8.78 Å². The van der Waals surface area contributed by atoms with Crippen molar-refractivity contribution in [3.8, 4) is 0 Å². The Kier molecular flexibility index (Phi) is 7.63. The van der Waals surface area contributed by atoms with E-state index in [1.165, 1.54) is 12.1 Å². The van der Waals surface area contributed by atoms with Crippen LogP contribution in [0.5, 0.6) is 0 Å². The van der Waals surface area contributed by atoms with Crippen molar-refractivity contribution in [1.82, 2.24) is 4.90 Å². The van der Waals surface area contributed by atoms with Gasteiger partial charge in [0.15, 0.2) is 6.54 Å². The summed E-state index contributed by atoms with van der Waals surface area (Å²) in [7, 11) is 0. The van der Waals surface area contributed by atoms with Crippen LogP contribution in [-0.4, -0.2) is 36.3 Å². The predicted molar refractivity (Wildman–Crippen MR) is 104 cm³/mol. The smallest absolute Gasteiger partial charge is 0.279 e. The van der Waals surface area contributed by atoms with Gasteiger partial charge < -0.3 is 15.5 Å². The number of hydrogen-bond donors (Lipinski definition) is 2. The van der Waals surface area contributed by atoms with Crippen LogP contribution in [0.3, 0.4) is 0 Å². The first-order chi connectivity index (χ1) is 13.3. The van der Waals surface area contributed by atoms with Gasteiger partial charge in [-0.1, -0.05) is 0 Å². The number of nitrogens with zero attached hydrogens (tertiary/aromatic N) is 1. The lowest BCUT2D eigenvalue weighted by molar-refractivity contribution is -0.682. The molecular weight excluding hydrogens is 364 g/mol. The quantitative estimate of drug-likeness (QED) is 0.728. The molecule has 0 spiro atoms. The number of quaternary nitrogens is 1. The van der Waals surface area contributed by atoms with Crippen molar-refractivity contribution in [2.75, 3.05) is 25.0 Å². The van der Waals surface area contributed by atoms with E-state index in [0.29, 0.717) is 29.9 Å². The van der Waals surface area contributed by atoms with Crippen molar-refractivity contribution < 1.29 is 23.7 Å². The van der Waals surface area contributed by atoms with Gasteiger partial charge in [-0.15, -0.1) is 0 Å². The third-order valence-corrected chi connectivity index (χ3v) is 4.58. The molecule has 2 rings (SSSR count). The van der Waals surface area contributed by atoms with E-state index >= 15 is 0 Å². The van der Waals surface area contributed by atoms with Crippen molar-refractivity contribution in [1.29, 1.82) is 0 Å². The molecule has 0 heterocycles. The number of carbonyl (C=O) groups is 2. The minimum absolute atomic E-state index is 0.0497. The van der Waals surface area contributed by atoms with Crippen molar-refractivity contribution >= 4 is 17.5 Å². The van der Waals surface area contributed by atoms with E-state index in [0.717, 1.165) is 6.07 Å². The molecule has 0 bridgehead atoms. The summed E-state index contributed by atoms with van der Waals surface area (Å²) in [5.41, 5.74) is 1.48. The van der Waals surface area contributed by atoms with Crippen LogP contribution in [0, 0.1) is 11.6 Å². The van der Waals surface area contributed by atoms with E-state index < -0.39 is 11.6 Å². The fourth-order valence-electron chi connectivity index (χ4n) is 2.88. The molecule has 0 saturated heterocycles. The summed E-state index contributed by atoms with van der Waals surface area (Å²) in [5, 5.41) is 4.42. The minimum Gasteiger partial charge on any atom is -0.339 e. The molecule has 7 heteroatoms. The molecule has 3 N–H and O–H groups in total. The Balaban J connectivity index is 1.90. The number of hydrogen-bond acceptors (Lipinski definition) is 2. The lowest BCUT2D eigenvalue weighted by Crippen LogP contribution is -2.86. The first-order valence-electron chi connectivity index (χ1n) is 9.33. The molecule has 2 amide bonds. The highest BCUT2D eigenvalue weighted by molar-refractivity contribution is 5.96. The van der Waals surface area contributed by atoms with E-state index in [4.69, 9.17) is 0 Å². The van der Waals surface area contributed by atoms with Crippen LogP contribution in [0.2, 0.25) is 0 Å². The van der Waals surface area contributed by atoms with Crippen molar-refractivity contribution in [2.24, 2.45) is 0 Å². The molecule has 0 aliphatic rings. The molecule has 2 aromatic rings. The van der Waals surface area contributed by atoms with Gasteiger partial charge in [0.2, 0.25) is 0 Å². The highest BCUT2D eigenvalue weighted by Crippen LogP contribution is 2.15. The normalized spacial score (nSPS) is 11.8. The maximum Gasteiger partial charge on any atom is 0.279 e. The molecule has 2 aromatic carbocycles. The summed E-state index contributed by atoms with van der Waals surface area (Å²) < 4.78 is 26.8. The zero-order valence-corrected chi connectivity index (χ0v) is 16.3. The van der Waals surface area contributed by atoms with Gasteiger partial charge in [0.1, 0.15) is 17.7 Å². The molecule has 0 aromatic heterocycles. The van der Waals surface area contributed by atoms with Crippen LogP contribution >= 0.6 is 0 Å². The molecule has 0 fully saturated rings. The van der Waals surface area contributed by atoms with Crippen LogP contribution in [0.15, 0.2) is 42.5 Å². The van der Waals surface area contributed by atoms with Crippen molar-refractivity contribution in [3.05, 3.63) is 65.2 Å². The van der Waals surface area contributed by atoms with Crippen LogP contribution in [0.25, 0.3) is 0 Å². The first kappa shape index (κ1) is 21.5. The summed E-state index contributed by atoms with van der Waals surface area (Å²) in [6.07, 6.45) is 0. The van der Waals surface area contributed by atoms with Gasteiger partial charge in [-0.2, -0.15) is 0 Å². The number of nitrogens with one attached hydrogen (secondary N) is 1. The molecule has 0 radical (unpaired) electrons. The summed E-state index contributed by atoms with van der Waals surface area (Å²) in [4.78, 5) is 26.1. The minimum atomic E-state index is -0.630. The van der Waals surface area contributed by atoms with Gasteiger partial charge in [0.25, 0.3) is 11.8 Å². The van der Waals surface area contributed by atoms with E-state index in [1.54, 1.807) is 41.4 Å². The fraction of sp³-hybridized carbons (Fsp3) is 0.333. The number of benzene rings is 2. The van der Waals surface area contributed by atoms with E-state index in [9.17, 15) is 18.4 Å². The molecule has 0 aliphatic carbocycles. The Morgan fingerprint density at radius 3 is 2.29 bits per heavy atom. The molecule has 150 valence electrons. The number of amides is 2. The van der Waals surface area contributed by atoms with E-state index in [1.807, 2.05) is 13.8 Å².